The van der Waals surface area contributed by atoms with E-state index >= 15 is 0 Å². The molecule has 1 heterocycles. The number of methoxy groups -OCH3 is 1. The Morgan fingerprint density at radius 1 is 1.56 bits per heavy atom. The molecule has 1 aliphatic heterocycles. The maximum absolute atomic E-state index is 11.5. The van der Waals surface area contributed by atoms with E-state index in [1.165, 1.54) is 7.11 Å². The van der Waals surface area contributed by atoms with Crippen LogP contribution < -0.4 is 0 Å². The zero-order valence-corrected chi connectivity index (χ0v) is 10.1. The van der Waals surface area contributed by atoms with E-state index in [1.54, 1.807) is 11.8 Å². The Balaban J connectivity index is 2.34. The lowest BCUT2D eigenvalue weighted by molar-refractivity contribution is -0.148. The summed E-state index contributed by atoms with van der Waals surface area (Å²) in [6.45, 7) is 1.97. The molecule has 3 nitrogen and oxygen atoms in total. The third-order valence-corrected chi connectivity index (χ3v) is 4.00. The second-order valence-electron chi connectivity index (χ2n) is 3.93. The third kappa shape index (κ3) is 1.95. The lowest BCUT2D eigenvalue weighted by Gasteiger charge is -2.27. The van der Waals surface area contributed by atoms with Gasteiger partial charge in [0.15, 0.2) is 0 Å². The number of hydrogen-bond acceptors (Lipinski definition) is 4. The summed E-state index contributed by atoms with van der Waals surface area (Å²) in [5, 5.41) is 10.1. The number of carbonyl (C=O) groups excluding carboxylic acids is 1. The Labute approximate surface area is 98.8 Å². The summed E-state index contributed by atoms with van der Waals surface area (Å²) in [5.74, 6) is -0.222. The minimum atomic E-state index is -0.747. The van der Waals surface area contributed by atoms with E-state index in [1.807, 2.05) is 25.1 Å². The summed E-state index contributed by atoms with van der Waals surface area (Å²) >= 11 is 1.59. The fourth-order valence-corrected chi connectivity index (χ4v) is 3.05. The van der Waals surface area contributed by atoms with Crippen molar-refractivity contribution in [3.63, 3.8) is 0 Å². The number of thioether (sulfide) groups is 1. The molecule has 2 unspecified atom stereocenters. The van der Waals surface area contributed by atoms with Gasteiger partial charge in [0.2, 0.25) is 0 Å². The topological polar surface area (TPSA) is 46.5 Å². The molecule has 86 valence electrons. The number of carbonyl (C=O) groups is 1. The molecule has 16 heavy (non-hydrogen) atoms. The molecule has 0 bridgehead atoms. The van der Waals surface area contributed by atoms with Crippen molar-refractivity contribution >= 4 is 17.7 Å². The number of aliphatic hydroxyl groups is 1. The molecule has 2 atom stereocenters. The summed E-state index contributed by atoms with van der Waals surface area (Å²) in [6, 6.07) is 5.94. The third-order valence-electron chi connectivity index (χ3n) is 2.79. The van der Waals surface area contributed by atoms with Gasteiger partial charge in [-0.2, -0.15) is 0 Å². The van der Waals surface area contributed by atoms with Crippen molar-refractivity contribution in [2.45, 2.75) is 17.9 Å². The Kier molecular flexibility index (Phi) is 3.21. The van der Waals surface area contributed by atoms with Crippen LogP contribution in [0, 0.1) is 12.8 Å². The molecule has 0 aromatic heterocycles. The standard InChI is InChI=1S/C12H14O3S/c1-7-3-4-10-8(5-7)11(13)9(6-16-10)12(14)15-2/h3-5,9,11,13H,6H2,1-2H3. The van der Waals surface area contributed by atoms with Gasteiger partial charge in [0.25, 0.3) is 0 Å². The second-order valence-corrected chi connectivity index (χ2v) is 4.99. The minimum Gasteiger partial charge on any atom is -0.469 e. The molecule has 2 rings (SSSR count). The maximum Gasteiger partial charge on any atom is 0.312 e. The van der Waals surface area contributed by atoms with Crippen molar-refractivity contribution in [1.82, 2.24) is 0 Å². The SMILES string of the molecule is COC(=O)C1CSc2ccc(C)cc2C1O. The van der Waals surface area contributed by atoms with E-state index < -0.39 is 12.0 Å². The maximum atomic E-state index is 11.5. The molecule has 0 aliphatic carbocycles. The van der Waals surface area contributed by atoms with Crippen LogP contribution in [0.4, 0.5) is 0 Å². The average Bonchev–Trinajstić information content (AvgIpc) is 2.29. The molecule has 1 N–H and O–H groups in total. The average molecular weight is 238 g/mol. The molecule has 0 saturated carbocycles. The summed E-state index contributed by atoms with van der Waals surface area (Å²) in [6.07, 6.45) is -0.747. The lowest BCUT2D eigenvalue weighted by atomic mass is 9.95. The highest BCUT2D eigenvalue weighted by Crippen LogP contribution is 2.40. The molecule has 0 saturated heterocycles. The first-order chi connectivity index (χ1) is 7.63. The molecule has 1 aromatic rings. The van der Waals surface area contributed by atoms with Crippen LogP contribution in [0.5, 0.6) is 0 Å². The Morgan fingerprint density at radius 2 is 2.31 bits per heavy atom. The van der Waals surface area contributed by atoms with Crippen LogP contribution in [0.1, 0.15) is 17.2 Å². The van der Waals surface area contributed by atoms with Gasteiger partial charge >= 0.3 is 5.97 Å². The zero-order chi connectivity index (χ0) is 11.7. The van der Waals surface area contributed by atoms with Gasteiger partial charge in [-0.05, 0) is 18.6 Å². The first-order valence-corrected chi connectivity index (χ1v) is 6.11. The summed E-state index contributed by atoms with van der Waals surface area (Å²) in [7, 11) is 1.35. The monoisotopic (exact) mass is 238 g/mol. The second kappa shape index (κ2) is 4.47. The predicted molar refractivity (Wildman–Crippen MR) is 62.4 cm³/mol. The lowest BCUT2D eigenvalue weighted by Crippen LogP contribution is -2.28. The molecule has 1 aliphatic rings. The number of benzene rings is 1. The van der Waals surface area contributed by atoms with Crippen molar-refractivity contribution < 1.29 is 14.6 Å². The minimum absolute atomic E-state index is 0.341. The van der Waals surface area contributed by atoms with Gasteiger partial charge in [-0.1, -0.05) is 17.7 Å². The quantitative estimate of drug-likeness (QED) is 0.759. The number of fused-ring (bicyclic) bond motifs is 1. The van der Waals surface area contributed by atoms with E-state index in [0.717, 1.165) is 16.0 Å². The molecule has 4 heteroatoms. The predicted octanol–water partition coefficient (Wildman–Crippen LogP) is 1.92. The van der Waals surface area contributed by atoms with Crippen LogP contribution in [-0.4, -0.2) is 23.9 Å². The normalized spacial score (nSPS) is 23.7. The summed E-state index contributed by atoms with van der Waals surface area (Å²) in [5.41, 5.74) is 1.93. The first kappa shape index (κ1) is 11.5. The van der Waals surface area contributed by atoms with E-state index in [-0.39, 0.29) is 5.97 Å². The highest BCUT2D eigenvalue weighted by atomic mass is 32.2. The van der Waals surface area contributed by atoms with Crippen LogP contribution >= 0.6 is 11.8 Å². The number of esters is 1. The highest BCUT2D eigenvalue weighted by molar-refractivity contribution is 7.99. The van der Waals surface area contributed by atoms with Gasteiger partial charge in [-0.3, -0.25) is 4.79 Å². The van der Waals surface area contributed by atoms with Crippen LogP contribution in [-0.2, 0) is 9.53 Å². The molecule has 0 fully saturated rings. The highest BCUT2D eigenvalue weighted by Gasteiger charge is 2.34. The molecule has 0 amide bonds. The molecule has 1 aromatic carbocycles. The Hall–Kier alpha value is -1.00. The number of ether oxygens (including phenoxy) is 1. The Morgan fingerprint density at radius 3 is 3.00 bits per heavy atom. The number of aliphatic hydroxyl groups excluding tert-OH is 1. The molecular formula is C12H14O3S. The van der Waals surface area contributed by atoms with Crippen molar-refractivity contribution in [3.8, 4) is 0 Å². The van der Waals surface area contributed by atoms with Gasteiger partial charge in [-0.25, -0.2) is 0 Å². The van der Waals surface area contributed by atoms with E-state index in [0.29, 0.717) is 5.75 Å². The largest absolute Gasteiger partial charge is 0.469 e. The van der Waals surface area contributed by atoms with Crippen molar-refractivity contribution in [2.24, 2.45) is 5.92 Å². The Bertz CT molecular complexity index is 417. The number of hydrogen-bond donors (Lipinski definition) is 1. The van der Waals surface area contributed by atoms with Crippen LogP contribution in [0.25, 0.3) is 0 Å². The van der Waals surface area contributed by atoms with Crippen LogP contribution in [0.15, 0.2) is 23.1 Å². The van der Waals surface area contributed by atoms with Crippen molar-refractivity contribution in [2.75, 3.05) is 12.9 Å². The van der Waals surface area contributed by atoms with E-state index in [4.69, 9.17) is 4.74 Å². The zero-order valence-electron chi connectivity index (χ0n) is 9.27. The van der Waals surface area contributed by atoms with E-state index in [2.05, 4.69) is 0 Å². The molecule has 0 radical (unpaired) electrons. The van der Waals surface area contributed by atoms with Crippen molar-refractivity contribution in [1.29, 1.82) is 0 Å². The van der Waals surface area contributed by atoms with Gasteiger partial charge < -0.3 is 9.84 Å². The summed E-state index contributed by atoms with van der Waals surface area (Å²) < 4.78 is 4.69. The van der Waals surface area contributed by atoms with Gasteiger partial charge in [-0.15, -0.1) is 11.8 Å². The number of rotatable bonds is 1. The van der Waals surface area contributed by atoms with Crippen LogP contribution in [0.2, 0.25) is 0 Å². The van der Waals surface area contributed by atoms with Gasteiger partial charge in [0, 0.05) is 10.6 Å². The summed E-state index contributed by atoms with van der Waals surface area (Å²) in [4.78, 5) is 12.5. The molecule has 0 spiro atoms. The fraction of sp³-hybridized carbons (Fsp3) is 0.417. The smallest absolute Gasteiger partial charge is 0.312 e. The van der Waals surface area contributed by atoms with Crippen LogP contribution in [0.3, 0.4) is 0 Å². The number of aryl methyl sites for hydroxylation is 1. The van der Waals surface area contributed by atoms with Gasteiger partial charge in [0.1, 0.15) is 0 Å². The fourth-order valence-electron chi connectivity index (χ4n) is 1.87. The van der Waals surface area contributed by atoms with E-state index in [9.17, 15) is 9.90 Å². The molecular weight excluding hydrogens is 224 g/mol. The van der Waals surface area contributed by atoms with Crippen molar-refractivity contribution in [3.05, 3.63) is 29.3 Å². The first-order valence-electron chi connectivity index (χ1n) is 5.12. The van der Waals surface area contributed by atoms with Gasteiger partial charge in [0.05, 0.1) is 19.1 Å².